The molecule has 3 aromatic heterocycles. The summed E-state index contributed by atoms with van der Waals surface area (Å²) in [7, 11) is 0. The molecule has 1 amide bonds. The number of fused-ring (bicyclic) bond motifs is 1. The second-order valence-electron chi connectivity index (χ2n) is 6.65. The Hall–Kier alpha value is -3.26. The first kappa shape index (κ1) is 16.9. The minimum Gasteiger partial charge on any atom is -0.349 e. The molecule has 1 saturated carbocycles. The first-order valence-corrected chi connectivity index (χ1v) is 9.10. The van der Waals surface area contributed by atoms with Gasteiger partial charge in [0.05, 0.1) is 29.2 Å². The monoisotopic (exact) mass is 396 g/mol. The second-order valence-corrected chi connectivity index (χ2v) is 7.06. The Morgan fingerprint density at radius 2 is 2.11 bits per heavy atom. The average Bonchev–Trinajstić information content (AvgIpc) is 3.19. The van der Waals surface area contributed by atoms with Crippen molar-refractivity contribution in [2.45, 2.75) is 18.9 Å². The van der Waals surface area contributed by atoms with E-state index in [2.05, 4.69) is 20.4 Å². The first-order chi connectivity index (χ1) is 13.6. The van der Waals surface area contributed by atoms with Crippen molar-refractivity contribution < 1.29 is 9.18 Å². The molecule has 1 fully saturated rings. The fraction of sp³-hybridized carbons (Fsp3) is 0.158. The highest BCUT2D eigenvalue weighted by atomic mass is 35.5. The van der Waals surface area contributed by atoms with E-state index in [-0.39, 0.29) is 16.6 Å². The molecule has 4 aromatic rings. The molecule has 28 heavy (non-hydrogen) atoms. The Bertz CT molecular complexity index is 1210. The summed E-state index contributed by atoms with van der Waals surface area (Å²) in [6, 6.07) is 2.77. The summed E-state index contributed by atoms with van der Waals surface area (Å²) in [5.74, 6) is -0.359. The summed E-state index contributed by atoms with van der Waals surface area (Å²) in [6.07, 6.45) is 12.0. The third-order valence-electron chi connectivity index (χ3n) is 4.64. The topological polar surface area (TPSA) is 77.1 Å². The van der Waals surface area contributed by atoms with E-state index >= 15 is 0 Å². The van der Waals surface area contributed by atoms with E-state index in [1.165, 1.54) is 6.07 Å². The lowest BCUT2D eigenvalue weighted by Gasteiger charge is -2.08. The molecule has 0 atom stereocenters. The van der Waals surface area contributed by atoms with E-state index in [9.17, 15) is 9.18 Å². The Kier molecular flexibility index (Phi) is 3.87. The summed E-state index contributed by atoms with van der Waals surface area (Å²) < 4.78 is 17.8. The van der Waals surface area contributed by atoms with E-state index < -0.39 is 11.7 Å². The number of hydrogen-bond acceptors (Lipinski definition) is 4. The van der Waals surface area contributed by atoms with Crippen molar-refractivity contribution in [3.63, 3.8) is 0 Å². The quantitative estimate of drug-likeness (QED) is 0.574. The third kappa shape index (κ3) is 2.91. The minimum absolute atomic E-state index is 0.0278. The van der Waals surface area contributed by atoms with Gasteiger partial charge in [-0.05, 0) is 25.0 Å². The standard InChI is InChI=1S/C19H14ClFN6O/c20-15-6-16(21)14(19(28)25-12-1-2-12)5-13(15)11-7-24-27(10-11)18-9-23-17-8-22-3-4-26(17)18/h3-10,12H,1-2H2,(H,25,28). The van der Waals surface area contributed by atoms with Crippen LogP contribution in [0.1, 0.15) is 23.2 Å². The van der Waals surface area contributed by atoms with Crippen LogP contribution in [-0.2, 0) is 0 Å². The van der Waals surface area contributed by atoms with Gasteiger partial charge in [-0.3, -0.25) is 14.2 Å². The molecule has 1 N–H and O–H groups in total. The summed E-state index contributed by atoms with van der Waals surface area (Å²) >= 11 is 6.25. The molecule has 140 valence electrons. The summed E-state index contributed by atoms with van der Waals surface area (Å²) in [4.78, 5) is 20.6. The molecular formula is C19H14ClFN6O. The van der Waals surface area contributed by atoms with Gasteiger partial charge in [0.25, 0.3) is 5.91 Å². The summed E-state index contributed by atoms with van der Waals surface area (Å²) in [5.41, 5.74) is 1.86. The van der Waals surface area contributed by atoms with Gasteiger partial charge in [-0.15, -0.1) is 0 Å². The number of aromatic nitrogens is 5. The van der Waals surface area contributed by atoms with Crippen LogP contribution in [0.25, 0.3) is 22.6 Å². The Morgan fingerprint density at radius 1 is 1.25 bits per heavy atom. The highest BCUT2D eigenvalue weighted by Gasteiger charge is 2.26. The lowest BCUT2D eigenvalue weighted by atomic mass is 10.0. The van der Waals surface area contributed by atoms with E-state index in [1.807, 2.05) is 4.40 Å². The molecule has 9 heteroatoms. The zero-order chi connectivity index (χ0) is 19.3. The number of imidazole rings is 1. The highest BCUT2D eigenvalue weighted by Crippen LogP contribution is 2.31. The highest BCUT2D eigenvalue weighted by molar-refractivity contribution is 6.33. The molecule has 0 saturated heterocycles. The number of benzene rings is 1. The number of nitrogens with one attached hydrogen (secondary N) is 1. The Labute approximate surface area is 163 Å². The number of nitrogens with zero attached hydrogens (tertiary/aromatic N) is 5. The lowest BCUT2D eigenvalue weighted by molar-refractivity contribution is 0.0947. The lowest BCUT2D eigenvalue weighted by Crippen LogP contribution is -2.26. The van der Waals surface area contributed by atoms with Gasteiger partial charge in [0, 0.05) is 35.8 Å². The smallest absolute Gasteiger partial charge is 0.254 e. The van der Waals surface area contributed by atoms with Crippen molar-refractivity contribution in [1.82, 2.24) is 29.5 Å². The largest absolute Gasteiger partial charge is 0.349 e. The zero-order valence-corrected chi connectivity index (χ0v) is 15.3. The van der Waals surface area contributed by atoms with Crippen molar-refractivity contribution in [3.8, 4) is 16.9 Å². The fourth-order valence-electron chi connectivity index (χ4n) is 3.02. The third-order valence-corrected chi connectivity index (χ3v) is 4.95. The normalized spacial score (nSPS) is 13.8. The van der Waals surface area contributed by atoms with Crippen LogP contribution in [0.15, 0.2) is 49.3 Å². The number of carbonyl (C=O) groups excluding carboxylic acids is 1. The van der Waals surface area contributed by atoms with Gasteiger partial charge in [0.2, 0.25) is 0 Å². The predicted octanol–water partition coefficient (Wildman–Crippen LogP) is 3.27. The Morgan fingerprint density at radius 3 is 2.93 bits per heavy atom. The van der Waals surface area contributed by atoms with Gasteiger partial charge < -0.3 is 5.32 Å². The number of rotatable bonds is 4. The van der Waals surface area contributed by atoms with Gasteiger partial charge >= 0.3 is 0 Å². The van der Waals surface area contributed by atoms with Crippen LogP contribution in [-0.4, -0.2) is 36.1 Å². The maximum Gasteiger partial charge on any atom is 0.254 e. The SMILES string of the molecule is O=C(NC1CC1)c1cc(-c2cnn(-c3cnc4cnccn34)c2)c(Cl)cc1F. The molecule has 0 unspecified atom stereocenters. The van der Waals surface area contributed by atoms with Crippen LogP contribution >= 0.6 is 11.6 Å². The van der Waals surface area contributed by atoms with Gasteiger partial charge in [0.1, 0.15) is 5.82 Å². The molecule has 5 rings (SSSR count). The van der Waals surface area contributed by atoms with Crippen molar-refractivity contribution in [2.75, 3.05) is 0 Å². The molecule has 0 aliphatic heterocycles. The second kappa shape index (κ2) is 6.42. The summed E-state index contributed by atoms with van der Waals surface area (Å²) in [5, 5.41) is 7.37. The first-order valence-electron chi connectivity index (χ1n) is 8.72. The van der Waals surface area contributed by atoms with Gasteiger partial charge in [-0.2, -0.15) is 5.10 Å². The molecule has 0 spiro atoms. The number of halogens is 2. The van der Waals surface area contributed by atoms with Crippen LogP contribution in [0.5, 0.6) is 0 Å². The zero-order valence-electron chi connectivity index (χ0n) is 14.5. The van der Waals surface area contributed by atoms with Crippen LogP contribution in [0.4, 0.5) is 4.39 Å². The van der Waals surface area contributed by atoms with Gasteiger partial charge in [0.15, 0.2) is 11.5 Å². The molecule has 1 aliphatic carbocycles. The molecule has 3 heterocycles. The number of hydrogen-bond donors (Lipinski definition) is 1. The minimum atomic E-state index is -0.645. The van der Waals surface area contributed by atoms with E-state index in [4.69, 9.17) is 11.6 Å². The van der Waals surface area contributed by atoms with Crippen LogP contribution < -0.4 is 5.32 Å². The maximum atomic E-state index is 14.3. The number of amides is 1. The molecule has 1 aliphatic rings. The van der Waals surface area contributed by atoms with Crippen molar-refractivity contribution >= 4 is 23.2 Å². The predicted molar refractivity (Wildman–Crippen MR) is 101 cm³/mol. The Balaban J connectivity index is 1.54. The van der Waals surface area contributed by atoms with Crippen LogP contribution in [0, 0.1) is 5.82 Å². The molecule has 7 nitrogen and oxygen atoms in total. The molecule has 0 bridgehead atoms. The molecular weight excluding hydrogens is 383 g/mol. The summed E-state index contributed by atoms with van der Waals surface area (Å²) in [6.45, 7) is 0. The van der Waals surface area contributed by atoms with Crippen molar-refractivity contribution in [1.29, 1.82) is 0 Å². The average molecular weight is 397 g/mol. The number of carbonyl (C=O) groups is 1. The molecule has 0 radical (unpaired) electrons. The van der Waals surface area contributed by atoms with Crippen LogP contribution in [0.3, 0.4) is 0 Å². The van der Waals surface area contributed by atoms with Gasteiger partial charge in [-0.1, -0.05) is 11.6 Å². The van der Waals surface area contributed by atoms with Gasteiger partial charge in [-0.25, -0.2) is 14.1 Å². The molecule has 1 aromatic carbocycles. The van der Waals surface area contributed by atoms with E-state index in [1.54, 1.807) is 41.9 Å². The fourth-order valence-corrected chi connectivity index (χ4v) is 3.28. The van der Waals surface area contributed by atoms with Crippen molar-refractivity contribution in [3.05, 3.63) is 65.7 Å². The van der Waals surface area contributed by atoms with E-state index in [0.717, 1.165) is 18.9 Å². The van der Waals surface area contributed by atoms with Crippen LogP contribution in [0.2, 0.25) is 5.02 Å². The van der Waals surface area contributed by atoms with Crippen molar-refractivity contribution in [2.24, 2.45) is 0 Å². The van der Waals surface area contributed by atoms with E-state index in [0.29, 0.717) is 22.6 Å². The maximum absolute atomic E-state index is 14.3.